The molecule has 0 saturated carbocycles. The van der Waals surface area contributed by atoms with Gasteiger partial charge in [-0.25, -0.2) is 0 Å². The second-order valence-electron chi connectivity index (χ2n) is 2.48. The maximum absolute atomic E-state index is 2.25. The fourth-order valence-corrected chi connectivity index (χ4v) is 2.47. The predicted molar refractivity (Wildman–Crippen MR) is 44.1 cm³/mol. The van der Waals surface area contributed by atoms with Crippen molar-refractivity contribution in [1.29, 1.82) is 0 Å². The summed E-state index contributed by atoms with van der Waals surface area (Å²) in [6.45, 7) is 0. The van der Waals surface area contributed by atoms with Crippen LogP contribution in [0.2, 0.25) is 9.70 Å². The van der Waals surface area contributed by atoms with E-state index in [0.29, 0.717) is 9.70 Å². The van der Waals surface area contributed by atoms with Crippen molar-refractivity contribution in [2.45, 2.75) is 9.70 Å². The van der Waals surface area contributed by atoms with Crippen LogP contribution in [0.4, 0.5) is 0 Å². The Morgan fingerprint density at radius 3 is 1.14 bits per heavy atom. The first kappa shape index (κ1) is 17.7. The maximum atomic E-state index is 2.25. The summed E-state index contributed by atoms with van der Waals surface area (Å²) in [6.07, 6.45) is 17.5. The van der Waals surface area contributed by atoms with Gasteiger partial charge in [0.1, 0.15) is 0 Å². The van der Waals surface area contributed by atoms with Crippen molar-refractivity contribution in [3.63, 3.8) is 0 Å². The summed E-state index contributed by atoms with van der Waals surface area (Å²) < 4.78 is 0. The van der Waals surface area contributed by atoms with Crippen molar-refractivity contribution in [2.24, 2.45) is 0 Å². The molecule has 0 amide bonds. The SMILES string of the molecule is C1=C[CH]([Co][CH]2C=CC=C2)C=C1.[Ru].[Ru].[Ru]. The third-order valence-corrected chi connectivity index (χ3v) is 3.23. The van der Waals surface area contributed by atoms with Gasteiger partial charge in [0.25, 0.3) is 0 Å². The van der Waals surface area contributed by atoms with Crippen LogP contribution < -0.4 is 0 Å². The molecule has 0 unspecified atom stereocenters. The Kier molecular flexibility index (Phi) is 12.1. The van der Waals surface area contributed by atoms with Crippen LogP contribution in [0.25, 0.3) is 0 Å². The minimum atomic E-state index is 0. The molecule has 0 fully saturated rings. The Morgan fingerprint density at radius 1 is 0.571 bits per heavy atom. The van der Waals surface area contributed by atoms with Gasteiger partial charge in [-0.15, -0.1) is 0 Å². The molecule has 83 valence electrons. The minimum absolute atomic E-state index is 0. The standard InChI is InChI=1S/2C5H5.Co.3Ru/c2*1-2-4-5-3-1;;;;/h2*1-5H;;;;. The van der Waals surface area contributed by atoms with Gasteiger partial charge in [0.15, 0.2) is 0 Å². The molecular formula is C10H10CoRu3. The summed E-state index contributed by atoms with van der Waals surface area (Å²) in [4.78, 5) is 1.28. The first-order chi connectivity index (χ1) is 5.45. The topological polar surface area (TPSA) is 0 Å². The fourth-order valence-electron chi connectivity index (χ4n) is 1.09. The van der Waals surface area contributed by atoms with Crippen LogP contribution >= 0.6 is 0 Å². The van der Waals surface area contributed by atoms with Crippen molar-refractivity contribution in [3.05, 3.63) is 48.6 Å². The van der Waals surface area contributed by atoms with Crippen LogP contribution in [0, 0.1) is 0 Å². The predicted octanol–water partition coefficient (Wildman–Crippen LogP) is 2.89. The molecule has 0 spiro atoms. The van der Waals surface area contributed by atoms with Crippen molar-refractivity contribution >= 4 is 0 Å². The van der Waals surface area contributed by atoms with E-state index in [2.05, 4.69) is 48.6 Å². The van der Waals surface area contributed by atoms with Crippen LogP contribution in [0.1, 0.15) is 0 Å². The molecule has 0 saturated heterocycles. The zero-order valence-electron chi connectivity index (χ0n) is 7.17. The summed E-state index contributed by atoms with van der Waals surface area (Å²) in [5.41, 5.74) is 0. The summed E-state index contributed by atoms with van der Waals surface area (Å²) in [5.74, 6) is 0. The normalized spacial score (nSPS) is 18.0. The van der Waals surface area contributed by atoms with Gasteiger partial charge in [-0.3, -0.25) is 0 Å². The Balaban J connectivity index is 0. The molecule has 0 nitrogen and oxygen atoms in total. The smallest absolute Gasteiger partial charge is 0 e. The van der Waals surface area contributed by atoms with E-state index in [-0.39, 0.29) is 58.4 Å². The van der Waals surface area contributed by atoms with Crippen LogP contribution in [0.15, 0.2) is 48.6 Å². The van der Waals surface area contributed by atoms with E-state index in [1.54, 1.807) is 0 Å². The molecule has 0 aromatic carbocycles. The average Bonchev–Trinajstić information content (AvgIpc) is 2.60. The molecule has 2 aliphatic carbocycles. The van der Waals surface area contributed by atoms with Gasteiger partial charge in [-0.05, 0) is 0 Å². The van der Waals surface area contributed by atoms with E-state index >= 15 is 0 Å². The summed E-state index contributed by atoms with van der Waals surface area (Å²) >= 11 is 1.51. The van der Waals surface area contributed by atoms with Crippen molar-refractivity contribution in [3.8, 4) is 0 Å². The van der Waals surface area contributed by atoms with E-state index in [9.17, 15) is 0 Å². The van der Waals surface area contributed by atoms with Gasteiger partial charge in [-0.2, -0.15) is 0 Å². The molecule has 0 radical (unpaired) electrons. The van der Waals surface area contributed by atoms with E-state index in [0.717, 1.165) is 0 Å². The molecule has 0 atom stereocenters. The molecule has 0 aliphatic heterocycles. The third kappa shape index (κ3) is 5.43. The molecule has 0 aromatic rings. The fraction of sp³-hybridized carbons (Fsp3) is 0.200. The summed E-state index contributed by atoms with van der Waals surface area (Å²) in [5, 5.41) is 0. The van der Waals surface area contributed by atoms with Gasteiger partial charge >= 0.3 is 73.0 Å². The van der Waals surface area contributed by atoms with Gasteiger partial charge in [-0.1, -0.05) is 0 Å². The van der Waals surface area contributed by atoms with Gasteiger partial charge in [0.05, 0.1) is 0 Å². The monoisotopic (exact) mass is 495 g/mol. The zero-order valence-corrected chi connectivity index (χ0v) is 13.4. The molecule has 2 aliphatic rings. The van der Waals surface area contributed by atoms with Crippen molar-refractivity contribution < 1.29 is 73.1 Å². The van der Waals surface area contributed by atoms with Crippen molar-refractivity contribution in [1.82, 2.24) is 0 Å². The molecule has 14 heavy (non-hydrogen) atoms. The van der Waals surface area contributed by atoms with Crippen LogP contribution in [-0.4, -0.2) is 0 Å². The first-order valence-corrected chi connectivity index (χ1v) is 4.92. The van der Waals surface area contributed by atoms with Crippen LogP contribution in [0.3, 0.4) is 0 Å². The van der Waals surface area contributed by atoms with Gasteiger partial charge < -0.3 is 0 Å². The zero-order chi connectivity index (χ0) is 7.52. The van der Waals surface area contributed by atoms with Crippen LogP contribution in [0.5, 0.6) is 0 Å². The molecule has 0 heterocycles. The Bertz CT molecular complexity index is 206. The maximum Gasteiger partial charge on any atom is 0 e. The van der Waals surface area contributed by atoms with E-state index < -0.39 is 0 Å². The number of hydrogen-bond acceptors (Lipinski definition) is 0. The second-order valence-corrected chi connectivity index (χ2v) is 4.22. The molecular weight excluding hydrogens is 482 g/mol. The Morgan fingerprint density at radius 2 is 0.857 bits per heavy atom. The van der Waals surface area contributed by atoms with E-state index in [1.807, 2.05) is 0 Å². The van der Waals surface area contributed by atoms with Crippen molar-refractivity contribution in [2.75, 3.05) is 0 Å². The third-order valence-electron chi connectivity index (χ3n) is 1.62. The summed E-state index contributed by atoms with van der Waals surface area (Å²) in [7, 11) is 0. The molecule has 4 heteroatoms. The largest absolute Gasteiger partial charge is 0 e. The minimum Gasteiger partial charge on any atom is 0 e. The number of rotatable bonds is 2. The van der Waals surface area contributed by atoms with E-state index in [4.69, 9.17) is 0 Å². The molecule has 0 aromatic heterocycles. The summed E-state index contributed by atoms with van der Waals surface area (Å²) in [6, 6.07) is 0. The average molecular weight is 492 g/mol. The molecule has 2 rings (SSSR count). The quantitative estimate of drug-likeness (QED) is 0.521. The Hall–Kier alpha value is 1.34. The Labute approximate surface area is 130 Å². The number of allylic oxidation sites excluding steroid dienone is 8. The van der Waals surface area contributed by atoms with E-state index in [1.165, 1.54) is 14.7 Å². The molecule has 0 bridgehead atoms. The van der Waals surface area contributed by atoms with Gasteiger partial charge in [0, 0.05) is 58.4 Å². The van der Waals surface area contributed by atoms with Crippen LogP contribution in [-0.2, 0) is 73.1 Å². The van der Waals surface area contributed by atoms with Gasteiger partial charge in [0.2, 0.25) is 0 Å². The first-order valence-electron chi connectivity index (χ1n) is 3.72. The second kappa shape index (κ2) is 9.55. The molecule has 0 N–H and O–H groups in total. The number of hydrogen-bond donors (Lipinski definition) is 0.